The molecule has 0 heterocycles. The lowest BCUT2D eigenvalue weighted by Crippen LogP contribution is -1.89. The number of rotatable bonds is 2. The molecule has 0 spiro atoms. The average Bonchev–Trinajstić information content (AvgIpc) is 2.29. The Kier molecular flexibility index (Phi) is 3.76. The summed E-state index contributed by atoms with van der Waals surface area (Å²) < 4.78 is 0. The molecule has 2 aromatic carbocycles. The van der Waals surface area contributed by atoms with Crippen LogP contribution < -0.4 is 0 Å². The second-order valence-electron chi connectivity index (χ2n) is 4.37. The molecule has 2 heteroatoms. The summed E-state index contributed by atoms with van der Waals surface area (Å²) in [6.45, 7) is 4.27. The van der Waals surface area contributed by atoms with E-state index in [1.165, 1.54) is 5.56 Å². The monoisotopic (exact) mass is 264 g/mol. The van der Waals surface area contributed by atoms with Gasteiger partial charge < -0.3 is 0 Å². The second-order valence-corrected chi connectivity index (χ2v) is 5.19. The minimum absolute atomic E-state index is 0.433. The highest BCUT2D eigenvalue weighted by atomic mass is 35.5. The smallest absolute Gasteiger partial charge is 0.0484 e. The molecule has 0 saturated heterocycles. The summed E-state index contributed by atoms with van der Waals surface area (Å²) in [5.41, 5.74) is 3.25. The molecule has 0 aromatic heterocycles. The van der Waals surface area contributed by atoms with Crippen molar-refractivity contribution in [2.45, 2.75) is 19.8 Å². The molecule has 0 unspecified atom stereocenters. The fourth-order valence-corrected chi connectivity index (χ4v) is 2.50. The molecule has 0 aliphatic heterocycles. The third-order valence-corrected chi connectivity index (χ3v) is 3.46. The van der Waals surface area contributed by atoms with Gasteiger partial charge in [0.15, 0.2) is 0 Å². The van der Waals surface area contributed by atoms with Crippen LogP contribution in [-0.2, 0) is 0 Å². The minimum atomic E-state index is 0.433. The summed E-state index contributed by atoms with van der Waals surface area (Å²) in [5.74, 6) is 0.433. The molecule has 0 fully saturated rings. The van der Waals surface area contributed by atoms with E-state index in [9.17, 15) is 0 Å². The van der Waals surface area contributed by atoms with E-state index in [-0.39, 0.29) is 0 Å². The molecule has 17 heavy (non-hydrogen) atoms. The van der Waals surface area contributed by atoms with Crippen molar-refractivity contribution in [3.8, 4) is 11.1 Å². The van der Waals surface area contributed by atoms with Gasteiger partial charge in [-0.05, 0) is 29.2 Å². The Labute approximate surface area is 112 Å². The summed E-state index contributed by atoms with van der Waals surface area (Å²) >= 11 is 12.5. The van der Waals surface area contributed by atoms with Gasteiger partial charge in [-0.15, -0.1) is 0 Å². The van der Waals surface area contributed by atoms with Crippen LogP contribution in [0, 0.1) is 0 Å². The van der Waals surface area contributed by atoms with Gasteiger partial charge in [-0.25, -0.2) is 0 Å². The van der Waals surface area contributed by atoms with E-state index in [1.54, 1.807) is 0 Å². The van der Waals surface area contributed by atoms with Crippen LogP contribution in [0.1, 0.15) is 25.3 Å². The highest BCUT2D eigenvalue weighted by molar-refractivity contribution is 6.34. The van der Waals surface area contributed by atoms with Gasteiger partial charge in [0.1, 0.15) is 0 Å². The largest absolute Gasteiger partial charge is 0.0840 e. The first-order valence-electron chi connectivity index (χ1n) is 5.64. The average molecular weight is 265 g/mol. The highest BCUT2D eigenvalue weighted by Gasteiger charge is 2.08. The predicted octanol–water partition coefficient (Wildman–Crippen LogP) is 5.78. The van der Waals surface area contributed by atoms with Gasteiger partial charge in [0, 0.05) is 15.6 Å². The molecule has 0 bridgehead atoms. The van der Waals surface area contributed by atoms with E-state index in [2.05, 4.69) is 26.0 Å². The topological polar surface area (TPSA) is 0 Å². The first-order chi connectivity index (χ1) is 8.09. The Morgan fingerprint density at radius 2 is 1.59 bits per heavy atom. The Morgan fingerprint density at radius 1 is 0.882 bits per heavy atom. The van der Waals surface area contributed by atoms with Crippen molar-refractivity contribution in [1.82, 2.24) is 0 Å². The zero-order valence-corrected chi connectivity index (χ0v) is 11.4. The van der Waals surface area contributed by atoms with Crippen molar-refractivity contribution in [2.75, 3.05) is 0 Å². The fourth-order valence-electron chi connectivity index (χ4n) is 1.86. The van der Waals surface area contributed by atoms with Gasteiger partial charge in [-0.3, -0.25) is 0 Å². The molecular weight excluding hydrogens is 251 g/mol. The first-order valence-corrected chi connectivity index (χ1v) is 6.39. The standard InChI is InChI=1S/C15H14Cl2/c1-10(2)12-8-7-11(9-15(12)17)13-5-3-4-6-14(13)16/h3-10H,1-2H3. The van der Waals surface area contributed by atoms with E-state index < -0.39 is 0 Å². The van der Waals surface area contributed by atoms with E-state index in [0.29, 0.717) is 5.92 Å². The van der Waals surface area contributed by atoms with Crippen molar-refractivity contribution in [2.24, 2.45) is 0 Å². The number of benzene rings is 2. The van der Waals surface area contributed by atoms with E-state index in [1.807, 2.05) is 30.3 Å². The van der Waals surface area contributed by atoms with Gasteiger partial charge in [0.05, 0.1) is 0 Å². The Morgan fingerprint density at radius 3 is 2.18 bits per heavy atom. The van der Waals surface area contributed by atoms with Gasteiger partial charge in [-0.1, -0.05) is 67.4 Å². The SMILES string of the molecule is CC(C)c1ccc(-c2ccccc2Cl)cc1Cl. The molecule has 0 aliphatic carbocycles. The molecule has 0 amide bonds. The van der Waals surface area contributed by atoms with E-state index in [0.717, 1.165) is 21.2 Å². The molecule has 0 nitrogen and oxygen atoms in total. The summed E-state index contributed by atoms with van der Waals surface area (Å²) in [4.78, 5) is 0. The van der Waals surface area contributed by atoms with Crippen molar-refractivity contribution in [3.05, 3.63) is 58.1 Å². The second kappa shape index (κ2) is 5.12. The fraction of sp³-hybridized carbons (Fsp3) is 0.200. The number of hydrogen-bond acceptors (Lipinski definition) is 0. The van der Waals surface area contributed by atoms with Crippen LogP contribution in [0.4, 0.5) is 0 Å². The third kappa shape index (κ3) is 2.65. The Bertz CT molecular complexity index is 530. The normalized spacial score (nSPS) is 10.9. The van der Waals surface area contributed by atoms with Crippen LogP contribution in [0.5, 0.6) is 0 Å². The minimum Gasteiger partial charge on any atom is -0.0840 e. The molecular formula is C15H14Cl2. The van der Waals surface area contributed by atoms with E-state index >= 15 is 0 Å². The lowest BCUT2D eigenvalue weighted by Gasteiger charge is -2.11. The highest BCUT2D eigenvalue weighted by Crippen LogP contribution is 2.32. The summed E-state index contributed by atoms with van der Waals surface area (Å²) in [6, 6.07) is 13.9. The Hall–Kier alpha value is -0.980. The molecule has 2 rings (SSSR count). The molecule has 2 aromatic rings. The zero-order chi connectivity index (χ0) is 12.4. The maximum Gasteiger partial charge on any atom is 0.0484 e. The maximum atomic E-state index is 6.28. The maximum absolute atomic E-state index is 6.28. The van der Waals surface area contributed by atoms with Crippen molar-refractivity contribution < 1.29 is 0 Å². The third-order valence-electron chi connectivity index (χ3n) is 2.81. The van der Waals surface area contributed by atoms with Gasteiger partial charge in [-0.2, -0.15) is 0 Å². The van der Waals surface area contributed by atoms with Gasteiger partial charge >= 0.3 is 0 Å². The molecule has 0 aliphatic rings. The molecule has 0 radical (unpaired) electrons. The molecule has 0 N–H and O–H groups in total. The van der Waals surface area contributed by atoms with Crippen LogP contribution in [0.25, 0.3) is 11.1 Å². The summed E-state index contributed by atoms with van der Waals surface area (Å²) in [6.07, 6.45) is 0. The van der Waals surface area contributed by atoms with Crippen molar-refractivity contribution in [3.63, 3.8) is 0 Å². The van der Waals surface area contributed by atoms with Crippen LogP contribution in [0.3, 0.4) is 0 Å². The predicted molar refractivity (Wildman–Crippen MR) is 76.0 cm³/mol. The molecule has 0 atom stereocenters. The van der Waals surface area contributed by atoms with Crippen molar-refractivity contribution in [1.29, 1.82) is 0 Å². The first kappa shape index (κ1) is 12.5. The van der Waals surface area contributed by atoms with Crippen molar-refractivity contribution >= 4 is 23.2 Å². The molecule has 0 saturated carbocycles. The van der Waals surface area contributed by atoms with E-state index in [4.69, 9.17) is 23.2 Å². The van der Waals surface area contributed by atoms with Crippen LogP contribution in [-0.4, -0.2) is 0 Å². The Balaban J connectivity index is 2.49. The van der Waals surface area contributed by atoms with Gasteiger partial charge in [0.2, 0.25) is 0 Å². The summed E-state index contributed by atoms with van der Waals surface area (Å²) in [7, 11) is 0. The zero-order valence-electron chi connectivity index (χ0n) is 9.87. The quantitative estimate of drug-likeness (QED) is 0.645. The summed E-state index contributed by atoms with van der Waals surface area (Å²) in [5, 5.41) is 1.55. The molecule has 88 valence electrons. The lowest BCUT2D eigenvalue weighted by atomic mass is 9.98. The van der Waals surface area contributed by atoms with Crippen LogP contribution in [0.15, 0.2) is 42.5 Å². The van der Waals surface area contributed by atoms with Crippen LogP contribution >= 0.6 is 23.2 Å². The number of halogens is 2. The number of hydrogen-bond donors (Lipinski definition) is 0. The van der Waals surface area contributed by atoms with Gasteiger partial charge in [0.25, 0.3) is 0 Å². The van der Waals surface area contributed by atoms with Crippen LogP contribution in [0.2, 0.25) is 10.0 Å². The lowest BCUT2D eigenvalue weighted by molar-refractivity contribution is 0.867.